The highest BCUT2D eigenvalue weighted by Crippen LogP contribution is 2.28. The molecular formula is C11H16BrNS. The summed E-state index contributed by atoms with van der Waals surface area (Å²) in [7, 11) is 0. The first kappa shape index (κ1) is 12.1. The van der Waals surface area contributed by atoms with Gasteiger partial charge in [-0.3, -0.25) is 0 Å². The van der Waals surface area contributed by atoms with E-state index in [1.165, 1.54) is 10.5 Å². The minimum Gasteiger partial charge on any atom is -0.310 e. The maximum absolute atomic E-state index is 3.51. The van der Waals surface area contributed by atoms with Gasteiger partial charge in [0, 0.05) is 15.4 Å². The monoisotopic (exact) mass is 273 g/mol. The number of hydrogen-bond acceptors (Lipinski definition) is 2. The molecule has 0 spiro atoms. The number of rotatable bonds is 4. The first-order valence-corrected chi connectivity index (χ1v) is 6.77. The molecule has 1 N–H and O–H groups in total. The van der Waals surface area contributed by atoms with Crippen LogP contribution in [0, 0.1) is 0 Å². The van der Waals surface area contributed by atoms with Gasteiger partial charge < -0.3 is 5.32 Å². The first-order chi connectivity index (χ1) is 6.69. The Hall–Kier alpha value is 0.01000. The van der Waals surface area contributed by atoms with Gasteiger partial charge in [0.2, 0.25) is 0 Å². The molecule has 78 valence electrons. The highest BCUT2D eigenvalue weighted by Gasteiger charge is 2.09. The van der Waals surface area contributed by atoms with Crippen LogP contribution in [0.2, 0.25) is 0 Å². The quantitative estimate of drug-likeness (QED) is 0.837. The Balaban J connectivity index is 2.97. The highest BCUT2D eigenvalue weighted by molar-refractivity contribution is 9.10. The van der Waals surface area contributed by atoms with Crippen LogP contribution in [-0.2, 0) is 0 Å². The van der Waals surface area contributed by atoms with Crippen LogP contribution in [0.15, 0.2) is 27.6 Å². The van der Waals surface area contributed by atoms with E-state index in [0.29, 0.717) is 6.04 Å². The van der Waals surface area contributed by atoms with E-state index in [2.05, 4.69) is 59.5 Å². The normalized spacial score (nSPS) is 12.9. The summed E-state index contributed by atoms with van der Waals surface area (Å²) < 4.78 is 1.15. The lowest BCUT2D eigenvalue weighted by molar-refractivity contribution is 0.589. The van der Waals surface area contributed by atoms with Crippen LogP contribution in [0.3, 0.4) is 0 Å². The fraction of sp³-hybridized carbons (Fsp3) is 0.455. The van der Waals surface area contributed by atoms with Crippen LogP contribution in [0.5, 0.6) is 0 Å². The molecule has 3 heteroatoms. The molecule has 1 nitrogen and oxygen atoms in total. The third-order valence-electron chi connectivity index (χ3n) is 2.17. The van der Waals surface area contributed by atoms with Gasteiger partial charge in [0.15, 0.2) is 0 Å². The van der Waals surface area contributed by atoms with Crippen LogP contribution in [0.25, 0.3) is 0 Å². The van der Waals surface area contributed by atoms with Crippen LogP contribution in [-0.4, -0.2) is 12.8 Å². The van der Waals surface area contributed by atoms with Crippen molar-refractivity contribution in [3.8, 4) is 0 Å². The molecule has 1 unspecified atom stereocenters. The van der Waals surface area contributed by atoms with Gasteiger partial charge in [0.25, 0.3) is 0 Å². The third-order valence-corrected chi connectivity index (χ3v) is 3.47. The summed E-state index contributed by atoms with van der Waals surface area (Å²) in [6.45, 7) is 5.33. The number of hydrogen-bond donors (Lipinski definition) is 1. The average Bonchev–Trinajstić information content (AvgIpc) is 2.18. The summed E-state index contributed by atoms with van der Waals surface area (Å²) in [5.74, 6) is 0. The lowest BCUT2D eigenvalue weighted by Gasteiger charge is -2.16. The third kappa shape index (κ3) is 3.01. The first-order valence-electron chi connectivity index (χ1n) is 4.75. The van der Waals surface area contributed by atoms with Crippen molar-refractivity contribution in [2.75, 3.05) is 12.8 Å². The van der Waals surface area contributed by atoms with Crippen molar-refractivity contribution in [1.82, 2.24) is 5.32 Å². The Labute approximate surface area is 98.8 Å². The molecule has 1 rings (SSSR count). The molecule has 0 saturated heterocycles. The summed E-state index contributed by atoms with van der Waals surface area (Å²) in [4.78, 5) is 1.35. The van der Waals surface area contributed by atoms with Gasteiger partial charge in [-0.25, -0.2) is 0 Å². The summed E-state index contributed by atoms with van der Waals surface area (Å²) in [5.41, 5.74) is 1.37. The van der Waals surface area contributed by atoms with Gasteiger partial charge >= 0.3 is 0 Å². The molecule has 1 atom stereocenters. The lowest BCUT2D eigenvalue weighted by atomic mass is 10.1. The predicted molar refractivity (Wildman–Crippen MR) is 68.0 cm³/mol. The topological polar surface area (TPSA) is 12.0 Å². The summed E-state index contributed by atoms with van der Waals surface area (Å²) in [6, 6.07) is 6.87. The fourth-order valence-corrected chi connectivity index (χ4v) is 2.51. The average molecular weight is 274 g/mol. The zero-order valence-electron chi connectivity index (χ0n) is 8.80. The highest BCUT2D eigenvalue weighted by atomic mass is 79.9. The minimum absolute atomic E-state index is 0.417. The van der Waals surface area contributed by atoms with E-state index in [9.17, 15) is 0 Å². The summed E-state index contributed by atoms with van der Waals surface area (Å²) in [6.07, 6.45) is 2.12. The Morgan fingerprint density at radius 3 is 2.79 bits per heavy atom. The van der Waals surface area contributed by atoms with Crippen molar-refractivity contribution < 1.29 is 0 Å². The van der Waals surface area contributed by atoms with Gasteiger partial charge in [-0.15, -0.1) is 11.8 Å². The van der Waals surface area contributed by atoms with Gasteiger partial charge in [-0.2, -0.15) is 0 Å². The number of thioether (sulfide) groups is 1. The second-order valence-electron chi connectivity index (χ2n) is 3.17. The maximum Gasteiger partial charge on any atom is 0.0303 e. The smallest absolute Gasteiger partial charge is 0.0303 e. The zero-order valence-corrected chi connectivity index (χ0v) is 11.2. The molecule has 0 fully saturated rings. The summed E-state index contributed by atoms with van der Waals surface area (Å²) in [5, 5.41) is 3.43. The van der Waals surface area contributed by atoms with Gasteiger partial charge in [-0.05, 0) is 43.5 Å². The Kier molecular flexibility index (Phi) is 4.99. The number of halogens is 1. The van der Waals surface area contributed by atoms with E-state index in [0.717, 1.165) is 11.0 Å². The lowest BCUT2D eigenvalue weighted by Crippen LogP contribution is -2.18. The molecule has 0 radical (unpaired) electrons. The van der Waals surface area contributed by atoms with Crippen molar-refractivity contribution in [2.24, 2.45) is 0 Å². The molecule has 0 aliphatic rings. The zero-order chi connectivity index (χ0) is 10.6. The van der Waals surface area contributed by atoms with Gasteiger partial charge in [0.1, 0.15) is 0 Å². The Morgan fingerprint density at radius 1 is 1.50 bits per heavy atom. The van der Waals surface area contributed by atoms with Crippen LogP contribution in [0.1, 0.15) is 25.5 Å². The van der Waals surface area contributed by atoms with E-state index in [-0.39, 0.29) is 0 Å². The van der Waals surface area contributed by atoms with Crippen molar-refractivity contribution >= 4 is 27.7 Å². The van der Waals surface area contributed by atoms with E-state index in [1.54, 1.807) is 11.8 Å². The molecule has 0 saturated carbocycles. The molecule has 0 aliphatic carbocycles. The fourth-order valence-electron chi connectivity index (χ4n) is 1.46. The summed E-state index contributed by atoms with van der Waals surface area (Å²) >= 11 is 5.31. The van der Waals surface area contributed by atoms with Crippen LogP contribution in [0.4, 0.5) is 0 Å². The molecule has 0 heterocycles. The molecule has 0 aliphatic heterocycles. The molecule has 1 aromatic carbocycles. The van der Waals surface area contributed by atoms with Crippen molar-refractivity contribution in [1.29, 1.82) is 0 Å². The SMILES string of the molecule is CCNC(C)c1cc(Br)ccc1SC. The van der Waals surface area contributed by atoms with E-state index in [1.807, 2.05) is 0 Å². The van der Waals surface area contributed by atoms with Crippen LogP contribution >= 0.6 is 27.7 Å². The second kappa shape index (κ2) is 5.79. The molecule has 0 amide bonds. The number of nitrogens with one attached hydrogen (secondary N) is 1. The van der Waals surface area contributed by atoms with E-state index >= 15 is 0 Å². The molecule has 0 bridgehead atoms. The second-order valence-corrected chi connectivity index (χ2v) is 4.93. The van der Waals surface area contributed by atoms with E-state index in [4.69, 9.17) is 0 Å². The Morgan fingerprint density at radius 2 is 2.21 bits per heavy atom. The maximum atomic E-state index is 3.51. The van der Waals surface area contributed by atoms with Crippen molar-refractivity contribution in [3.63, 3.8) is 0 Å². The largest absolute Gasteiger partial charge is 0.310 e. The molecule has 1 aromatic rings. The van der Waals surface area contributed by atoms with Crippen molar-refractivity contribution in [2.45, 2.75) is 24.8 Å². The van der Waals surface area contributed by atoms with Crippen LogP contribution < -0.4 is 5.32 Å². The predicted octanol–water partition coefficient (Wildman–Crippen LogP) is 3.84. The van der Waals surface area contributed by atoms with E-state index < -0.39 is 0 Å². The molecule has 0 aromatic heterocycles. The number of benzene rings is 1. The van der Waals surface area contributed by atoms with Crippen molar-refractivity contribution in [3.05, 3.63) is 28.2 Å². The Bertz CT molecular complexity index is 301. The standard InChI is InChI=1S/C11H16BrNS/c1-4-13-8(2)10-7-9(12)5-6-11(10)14-3/h5-8,13H,4H2,1-3H3. The molecular weight excluding hydrogens is 258 g/mol. The molecule has 14 heavy (non-hydrogen) atoms. The van der Waals surface area contributed by atoms with Gasteiger partial charge in [-0.1, -0.05) is 22.9 Å². The van der Waals surface area contributed by atoms with Gasteiger partial charge in [0.05, 0.1) is 0 Å². The minimum atomic E-state index is 0.417.